The van der Waals surface area contributed by atoms with Crippen LogP contribution in [0, 0.1) is 6.92 Å². The lowest BCUT2D eigenvalue weighted by Crippen LogP contribution is -2.45. The standard InChI is InChI=1S/C19H28N6O.HI/c1-4-20-18(24-14-19(3)8-5-11-26-19)23-13-16-6-7-17(22-12-16)25-10-9-21-15(25)2;/h6-7,9-10,12H,4-5,8,11,13-14H2,1-3H3,(H2,20,23,24);1H. The molecule has 0 aromatic carbocycles. The molecule has 1 atom stereocenters. The van der Waals surface area contributed by atoms with Gasteiger partial charge in [0.25, 0.3) is 0 Å². The number of nitrogens with one attached hydrogen (secondary N) is 2. The molecule has 8 heteroatoms. The Bertz CT molecular complexity index is 737. The van der Waals surface area contributed by atoms with Gasteiger partial charge in [0.05, 0.1) is 12.1 Å². The van der Waals surface area contributed by atoms with Crippen LogP contribution < -0.4 is 10.6 Å². The summed E-state index contributed by atoms with van der Waals surface area (Å²) in [7, 11) is 0. The van der Waals surface area contributed by atoms with Crippen molar-refractivity contribution in [3.05, 3.63) is 42.1 Å². The minimum atomic E-state index is -0.0952. The van der Waals surface area contributed by atoms with Crippen molar-refractivity contribution in [2.45, 2.75) is 45.8 Å². The Balaban J connectivity index is 0.00000261. The van der Waals surface area contributed by atoms with Gasteiger partial charge in [-0.2, -0.15) is 0 Å². The number of pyridine rings is 1. The molecule has 1 saturated heterocycles. The van der Waals surface area contributed by atoms with Gasteiger partial charge in [-0.15, -0.1) is 24.0 Å². The molecule has 0 aliphatic carbocycles. The summed E-state index contributed by atoms with van der Waals surface area (Å²) >= 11 is 0. The van der Waals surface area contributed by atoms with Crippen LogP contribution in [0.15, 0.2) is 35.7 Å². The fourth-order valence-electron chi connectivity index (χ4n) is 3.03. The lowest BCUT2D eigenvalue weighted by molar-refractivity contribution is 0.0243. The Morgan fingerprint density at radius 2 is 2.19 bits per heavy atom. The largest absolute Gasteiger partial charge is 0.373 e. The van der Waals surface area contributed by atoms with Gasteiger partial charge in [-0.05, 0) is 45.2 Å². The molecule has 1 aliphatic rings. The van der Waals surface area contributed by atoms with Gasteiger partial charge in [-0.1, -0.05) is 6.07 Å². The van der Waals surface area contributed by atoms with Crippen molar-refractivity contribution in [2.75, 3.05) is 19.7 Å². The summed E-state index contributed by atoms with van der Waals surface area (Å²) in [5.74, 6) is 2.59. The molecule has 0 saturated carbocycles. The molecule has 27 heavy (non-hydrogen) atoms. The van der Waals surface area contributed by atoms with Crippen molar-refractivity contribution < 1.29 is 4.74 Å². The minimum absolute atomic E-state index is 0. The number of hydrogen-bond acceptors (Lipinski definition) is 4. The van der Waals surface area contributed by atoms with Gasteiger partial charge in [-0.3, -0.25) is 4.57 Å². The smallest absolute Gasteiger partial charge is 0.191 e. The quantitative estimate of drug-likeness (QED) is 0.375. The van der Waals surface area contributed by atoms with Crippen LogP contribution in [0.4, 0.5) is 0 Å². The van der Waals surface area contributed by atoms with Gasteiger partial charge in [0.1, 0.15) is 11.6 Å². The molecule has 0 amide bonds. The fraction of sp³-hybridized carbons (Fsp3) is 0.526. The Morgan fingerprint density at radius 3 is 2.78 bits per heavy atom. The van der Waals surface area contributed by atoms with Crippen LogP contribution in [0.5, 0.6) is 0 Å². The molecule has 0 spiro atoms. The predicted molar refractivity (Wildman–Crippen MR) is 118 cm³/mol. The van der Waals surface area contributed by atoms with Crippen molar-refractivity contribution in [1.29, 1.82) is 0 Å². The number of imidazole rings is 1. The van der Waals surface area contributed by atoms with Gasteiger partial charge in [-0.25, -0.2) is 15.0 Å². The molecule has 0 bridgehead atoms. The monoisotopic (exact) mass is 484 g/mol. The summed E-state index contributed by atoms with van der Waals surface area (Å²) in [6, 6.07) is 4.05. The Labute approximate surface area is 178 Å². The highest BCUT2D eigenvalue weighted by Crippen LogP contribution is 2.23. The van der Waals surface area contributed by atoms with Crippen molar-refractivity contribution >= 4 is 29.9 Å². The number of nitrogens with zero attached hydrogens (tertiary/aromatic N) is 4. The second-order valence-corrected chi connectivity index (χ2v) is 6.82. The van der Waals surface area contributed by atoms with Crippen LogP contribution in [0.25, 0.3) is 5.82 Å². The summed E-state index contributed by atoms with van der Waals surface area (Å²) in [5.41, 5.74) is 0.967. The van der Waals surface area contributed by atoms with Gasteiger partial charge >= 0.3 is 0 Å². The minimum Gasteiger partial charge on any atom is -0.373 e. The molecule has 7 nitrogen and oxygen atoms in total. The Kier molecular flexibility index (Phi) is 8.03. The molecule has 2 aromatic rings. The first-order chi connectivity index (χ1) is 12.6. The van der Waals surface area contributed by atoms with Crippen LogP contribution in [-0.4, -0.2) is 45.8 Å². The highest BCUT2D eigenvalue weighted by atomic mass is 127. The van der Waals surface area contributed by atoms with E-state index in [2.05, 4.69) is 45.5 Å². The van der Waals surface area contributed by atoms with Gasteiger partial charge in [0, 0.05) is 38.3 Å². The first kappa shape index (κ1) is 21.6. The average Bonchev–Trinajstić information content (AvgIpc) is 3.27. The van der Waals surface area contributed by atoms with Crippen molar-refractivity contribution in [3.63, 3.8) is 0 Å². The number of aryl methyl sites for hydroxylation is 1. The lowest BCUT2D eigenvalue weighted by atomic mass is 10.0. The maximum absolute atomic E-state index is 5.83. The van der Waals surface area contributed by atoms with Crippen molar-refractivity contribution in [1.82, 2.24) is 25.2 Å². The average molecular weight is 484 g/mol. The molecule has 2 N–H and O–H groups in total. The second kappa shape index (κ2) is 10.0. The first-order valence-corrected chi connectivity index (χ1v) is 9.21. The predicted octanol–water partition coefficient (Wildman–Crippen LogP) is 2.82. The van der Waals surface area contributed by atoms with E-state index in [0.717, 1.165) is 55.7 Å². The molecule has 3 heterocycles. The highest BCUT2D eigenvalue weighted by Gasteiger charge is 2.29. The summed E-state index contributed by atoms with van der Waals surface area (Å²) in [4.78, 5) is 13.4. The summed E-state index contributed by atoms with van der Waals surface area (Å²) in [6.45, 7) is 9.18. The SMILES string of the molecule is CCNC(=NCc1ccc(-n2ccnc2C)nc1)NCC1(C)CCCO1.I. The van der Waals surface area contributed by atoms with E-state index < -0.39 is 0 Å². The normalized spacial score (nSPS) is 19.6. The van der Waals surface area contributed by atoms with E-state index in [9.17, 15) is 0 Å². The van der Waals surface area contributed by atoms with Gasteiger partial charge in [0.15, 0.2) is 5.96 Å². The Morgan fingerprint density at radius 1 is 1.33 bits per heavy atom. The number of hydrogen-bond donors (Lipinski definition) is 2. The maximum Gasteiger partial charge on any atom is 0.191 e. The van der Waals surface area contributed by atoms with E-state index in [-0.39, 0.29) is 29.6 Å². The third kappa shape index (κ3) is 5.90. The van der Waals surface area contributed by atoms with Crippen LogP contribution in [0.1, 0.15) is 38.1 Å². The maximum atomic E-state index is 5.83. The summed E-state index contributed by atoms with van der Waals surface area (Å²) in [5, 5.41) is 6.68. The highest BCUT2D eigenvalue weighted by molar-refractivity contribution is 14.0. The van der Waals surface area contributed by atoms with E-state index in [1.54, 1.807) is 6.20 Å². The van der Waals surface area contributed by atoms with Crippen molar-refractivity contribution in [3.8, 4) is 5.82 Å². The number of aliphatic imine (C=N–C) groups is 1. The van der Waals surface area contributed by atoms with Crippen LogP contribution in [0.3, 0.4) is 0 Å². The van der Waals surface area contributed by atoms with Crippen LogP contribution in [0.2, 0.25) is 0 Å². The zero-order chi connectivity index (χ0) is 18.4. The summed E-state index contributed by atoms with van der Waals surface area (Å²) in [6.07, 6.45) is 7.76. The molecule has 2 aromatic heterocycles. The summed E-state index contributed by atoms with van der Waals surface area (Å²) < 4.78 is 7.79. The molecule has 1 unspecified atom stereocenters. The number of halogens is 1. The molecule has 3 rings (SSSR count). The van der Waals surface area contributed by atoms with Gasteiger partial charge < -0.3 is 15.4 Å². The van der Waals surface area contributed by atoms with Crippen LogP contribution >= 0.6 is 24.0 Å². The third-order valence-electron chi connectivity index (χ3n) is 4.58. The molecule has 1 fully saturated rings. The van der Waals surface area contributed by atoms with Crippen molar-refractivity contribution in [2.24, 2.45) is 4.99 Å². The van der Waals surface area contributed by atoms with E-state index in [4.69, 9.17) is 4.74 Å². The first-order valence-electron chi connectivity index (χ1n) is 9.21. The molecular formula is C19H29IN6O. The molecule has 0 radical (unpaired) electrons. The molecular weight excluding hydrogens is 455 g/mol. The Hall–Kier alpha value is -1.68. The van der Waals surface area contributed by atoms with E-state index in [1.165, 1.54) is 0 Å². The lowest BCUT2D eigenvalue weighted by Gasteiger charge is -2.24. The third-order valence-corrected chi connectivity index (χ3v) is 4.58. The zero-order valence-corrected chi connectivity index (χ0v) is 18.6. The zero-order valence-electron chi connectivity index (χ0n) is 16.2. The van der Waals surface area contributed by atoms with E-state index in [0.29, 0.717) is 6.54 Å². The van der Waals surface area contributed by atoms with E-state index >= 15 is 0 Å². The fourth-order valence-corrected chi connectivity index (χ4v) is 3.03. The molecule has 148 valence electrons. The number of aromatic nitrogens is 3. The topological polar surface area (TPSA) is 76.4 Å². The number of rotatable bonds is 6. The van der Waals surface area contributed by atoms with Crippen LogP contribution in [-0.2, 0) is 11.3 Å². The second-order valence-electron chi connectivity index (χ2n) is 6.82. The number of ether oxygens (including phenoxy) is 1. The molecule has 1 aliphatic heterocycles. The van der Waals surface area contributed by atoms with Gasteiger partial charge in [0.2, 0.25) is 0 Å². The van der Waals surface area contributed by atoms with E-state index in [1.807, 2.05) is 30.0 Å². The number of guanidine groups is 1.